The fourth-order valence-corrected chi connectivity index (χ4v) is 3.77. The van der Waals surface area contributed by atoms with Gasteiger partial charge in [-0.1, -0.05) is 38.5 Å². The second kappa shape index (κ2) is 5.50. The number of nitrogens with zero attached hydrogens (tertiary/aromatic N) is 1. The molecule has 94 valence electrons. The zero-order valence-corrected chi connectivity index (χ0v) is 10.9. The summed E-state index contributed by atoms with van der Waals surface area (Å²) in [6, 6.07) is 0.809. The molecule has 2 N–H and O–H groups in total. The quantitative estimate of drug-likeness (QED) is 0.747. The van der Waals surface area contributed by atoms with E-state index in [9.17, 15) is 0 Å². The zero-order valence-electron chi connectivity index (χ0n) is 10.9. The van der Waals surface area contributed by atoms with E-state index in [2.05, 4.69) is 11.9 Å². The minimum Gasteiger partial charge on any atom is -0.329 e. The van der Waals surface area contributed by atoms with Gasteiger partial charge >= 0.3 is 0 Å². The number of hydrogen-bond donors (Lipinski definition) is 1. The molecule has 16 heavy (non-hydrogen) atoms. The molecule has 0 radical (unpaired) electrons. The largest absolute Gasteiger partial charge is 0.329 e. The van der Waals surface area contributed by atoms with E-state index in [0.717, 1.165) is 12.6 Å². The zero-order chi connectivity index (χ0) is 11.4. The molecule has 2 heteroatoms. The first-order valence-corrected chi connectivity index (χ1v) is 7.21. The van der Waals surface area contributed by atoms with E-state index >= 15 is 0 Å². The lowest BCUT2D eigenvalue weighted by molar-refractivity contribution is 0.0733. The normalized spacial score (nSPS) is 27.2. The Kier molecular flexibility index (Phi) is 4.26. The second-order valence-corrected chi connectivity index (χ2v) is 5.89. The smallest absolute Gasteiger partial charge is 0.0331 e. The van der Waals surface area contributed by atoms with Gasteiger partial charge in [-0.05, 0) is 32.7 Å². The van der Waals surface area contributed by atoms with E-state index in [-0.39, 0.29) is 0 Å². The van der Waals surface area contributed by atoms with Crippen LogP contribution in [0.3, 0.4) is 0 Å². The predicted octanol–water partition coefficient (Wildman–Crippen LogP) is 2.91. The topological polar surface area (TPSA) is 29.3 Å². The van der Waals surface area contributed by atoms with Gasteiger partial charge in [0, 0.05) is 18.1 Å². The third-order valence-corrected chi connectivity index (χ3v) is 5.03. The Morgan fingerprint density at radius 2 is 1.56 bits per heavy atom. The average Bonchev–Trinajstić information content (AvgIpc) is 2.64. The first-order valence-electron chi connectivity index (χ1n) is 7.21. The lowest BCUT2D eigenvalue weighted by atomic mass is 9.92. The molecule has 2 aliphatic carbocycles. The van der Waals surface area contributed by atoms with Gasteiger partial charge in [-0.25, -0.2) is 0 Å². The van der Waals surface area contributed by atoms with Gasteiger partial charge in [0.1, 0.15) is 0 Å². The number of likely N-dealkylation sites (N-methyl/N-ethyl adjacent to an activating group) is 1. The molecular weight excluding hydrogens is 196 g/mol. The standard InChI is InChI=1S/C14H28N2/c1-16(13-8-4-2-3-5-9-13)14(12-15)10-6-7-11-14/h13H,2-12,15H2,1H3. The van der Waals surface area contributed by atoms with Crippen LogP contribution in [-0.4, -0.2) is 30.1 Å². The summed E-state index contributed by atoms with van der Waals surface area (Å²) >= 11 is 0. The Bertz CT molecular complexity index is 201. The number of rotatable bonds is 3. The van der Waals surface area contributed by atoms with Crippen LogP contribution in [0.25, 0.3) is 0 Å². The molecule has 0 aromatic carbocycles. The van der Waals surface area contributed by atoms with Crippen molar-refractivity contribution in [1.29, 1.82) is 0 Å². The van der Waals surface area contributed by atoms with Gasteiger partial charge in [0.25, 0.3) is 0 Å². The minimum atomic E-state index is 0.356. The SMILES string of the molecule is CN(C1CCCCCC1)C1(CN)CCCC1. The van der Waals surface area contributed by atoms with Crippen molar-refractivity contribution in [3.05, 3.63) is 0 Å². The average molecular weight is 224 g/mol. The summed E-state index contributed by atoms with van der Waals surface area (Å²) in [6.45, 7) is 0.861. The molecule has 2 fully saturated rings. The Labute approximate surface area is 101 Å². The van der Waals surface area contributed by atoms with Crippen LogP contribution in [0.2, 0.25) is 0 Å². The van der Waals surface area contributed by atoms with Crippen molar-refractivity contribution in [2.75, 3.05) is 13.6 Å². The van der Waals surface area contributed by atoms with E-state index < -0.39 is 0 Å². The molecule has 2 rings (SSSR count). The molecule has 0 aromatic heterocycles. The van der Waals surface area contributed by atoms with Gasteiger partial charge < -0.3 is 5.73 Å². The van der Waals surface area contributed by atoms with Gasteiger partial charge in [-0.2, -0.15) is 0 Å². The van der Waals surface area contributed by atoms with Crippen molar-refractivity contribution in [2.24, 2.45) is 5.73 Å². The molecule has 0 heterocycles. The molecule has 0 spiro atoms. The first-order chi connectivity index (χ1) is 7.78. The summed E-state index contributed by atoms with van der Waals surface area (Å²) in [5, 5.41) is 0. The molecule has 0 atom stereocenters. The molecule has 2 saturated carbocycles. The third kappa shape index (κ3) is 2.43. The summed E-state index contributed by atoms with van der Waals surface area (Å²) < 4.78 is 0. The van der Waals surface area contributed by atoms with Crippen molar-refractivity contribution in [2.45, 2.75) is 75.8 Å². The molecule has 0 unspecified atom stereocenters. The Hall–Kier alpha value is -0.0800. The fraction of sp³-hybridized carbons (Fsp3) is 1.00. The van der Waals surface area contributed by atoms with E-state index in [1.807, 2.05) is 0 Å². The predicted molar refractivity (Wildman–Crippen MR) is 69.5 cm³/mol. The fourth-order valence-electron chi connectivity index (χ4n) is 3.77. The molecular formula is C14H28N2. The van der Waals surface area contributed by atoms with Crippen LogP contribution in [0, 0.1) is 0 Å². The number of hydrogen-bond acceptors (Lipinski definition) is 2. The highest BCUT2D eigenvalue weighted by Crippen LogP contribution is 2.37. The van der Waals surface area contributed by atoms with Gasteiger partial charge in [0.15, 0.2) is 0 Å². The summed E-state index contributed by atoms with van der Waals surface area (Å²) in [5.41, 5.74) is 6.43. The van der Waals surface area contributed by atoms with Gasteiger partial charge in [0.05, 0.1) is 0 Å². The van der Waals surface area contributed by atoms with E-state index in [0.29, 0.717) is 5.54 Å². The van der Waals surface area contributed by atoms with Crippen molar-refractivity contribution >= 4 is 0 Å². The maximum Gasteiger partial charge on any atom is 0.0331 e. The first kappa shape index (κ1) is 12.4. The van der Waals surface area contributed by atoms with Crippen LogP contribution in [0.1, 0.15) is 64.2 Å². The van der Waals surface area contributed by atoms with Crippen molar-refractivity contribution in [1.82, 2.24) is 4.90 Å². The monoisotopic (exact) mass is 224 g/mol. The third-order valence-electron chi connectivity index (χ3n) is 5.03. The lowest BCUT2D eigenvalue weighted by Gasteiger charge is -2.43. The maximum atomic E-state index is 6.07. The molecule has 2 aliphatic rings. The summed E-state index contributed by atoms with van der Waals surface area (Å²) in [6.07, 6.45) is 14.0. The molecule has 2 nitrogen and oxygen atoms in total. The van der Waals surface area contributed by atoms with Crippen molar-refractivity contribution in [3.63, 3.8) is 0 Å². The van der Waals surface area contributed by atoms with Gasteiger partial charge in [-0.15, -0.1) is 0 Å². The van der Waals surface area contributed by atoms with Crippen LogP contribution < -0.4 is 5.73 Å². The highest BCUT2D eigenvalue weighted by Gasteiger charge is 2.39. The van der Waals surface area contributed by atoms with Crippen LogP contribution in [0.5, 0.6) is 0 Å². The molecule has 0 bridgehead atoms. The second-order valence-electron chi connectivity index (χ2n) is 5.89. The van der Waals surface area contributed by atoms with Gasteiger partial charge in [-0.3, -0.25) is 4.90 Å². The highest BCUT2D eigenvalue weighted by atomic mass is 15.2. The number of nitrogens with two attached hydrogens (primary N) is 1. The van der Waals surface area contributed by atoms with E-state index in [4.69, 9.17) is 5.73 Å². The van der Waals surface area contributed by atoms with Crippen LogP contribution in [0.4, 0.5) is 0 Å². The van der Waals surface area contributed by atoms with E-state index in [1.165, 1.54) is 64.2 Å². The summed E-state index contributed by atoms with van der Waals surface area (Å²) in [4.78, 5) is 2.67. The summed E-state index contributed by atoms with van der Waals surface area (Å²) in [7, 11) is 2.34. The molecule has 0 aromatic rings. The van der Waals surface area contributed by atoms with Crippen molar-refractivity contribution < 1.29 is 0 Å². The maximum absolute atomic E-state index is 6.07. The highest BCUT2D eigenvalue weighted by molar-refractivity contribution is 4.97. The van der Waals surface area contributed by atoms with Crippen molar-refractivity contribution in [3.8, 4) is 0 Å². The lowest BCUT2D eigenvalue weighted by Crippen LogP contribution is -2.54. The molecule has 0 saturated heterocycles. The molecule has 0 aliphatic heterocycles. The van der Waals surface area contributed by atoms with Crippen LogP contribution in [0.15, 0.2) is 0 Å². The van der Waals surface area contributed by atoms with Crippen LogP contribution in [-0.2, 0) is 0 Å². The minimum absolute atomic E-state index is 0.356. The van der Waals surface area contributed by atoms with E-state index in [1.54, 1.807) is 0 Å². The summed E-state index contributed by atoms with van der Waals surface area (Å²) in [5.74, 6) is 0. The molecule has 0 amide bonds. The van der Waals surface area contributed by atoms with Crippen LogP contribution >= 0.6 is 0 Å². The Morgan fingerprint density at radius 3 is 2.06 bits per heavy atom. The van der Waals surface area contributed by atoms with Gasteiger partial charge in [0.2, 0.25) is 0 Å². The Morgan fingerprint density at radius 1 is 1.00 bits per heavy atom. The Balaban J connectivity index is 2.00.